The van der Waals surface area contributed by atoms with Crippen LogP contribution in [0.1, 0.15) is 31.4 Å². The fraction of sp³-hybridized carbons (Fsp3) is 0.625. The molecule has 1 atom stereocenters. The van der Waals surface area contributed by atoms with Crippen LogP contribution in [0.25, 0.3) is 0 Å². The lowest BCUT2D eigenvalue weighted by molar-refractivity contribution is 0.248. The van der Waals surface area contributed by atoms with E-state index in [1.807, 2.05) is 6.92 Å². The molecule has 0 amide bonds. The number of hydrogen-bond acceptors (Lipinski definition) is 3. The minimum Gasteiger partial charge on any atom is -0.369 e. The van der Waals surface area contributed by atoms with Crippen molar-refractivity contribution in [2.24, 2.45) is 11.7 Å². The molecule has 3 heteroatoms. The lowest BCUT2D eigenvalue weighted by Gasteiger charge is -2.36. The topological polar surface area (TPSA) is 32.5 Å². The summed E-state index contributed by atoms with van der Waals surface area (Å²) in [4.78, 5) is 5.12. The Hall–Kier alpha value is -1.06. The van der Waals surface area contributed by atoms with E-state index in [0.29, 0.717) is 0 Å². The maximum absolute atomic E-state index is 5.89. The van der Waals surface area contributed by atoms with Crippen LogP contribution in [0.5, 0.6) is 0 Å². The predicted octanol–water partition coefficient (Wildman–Crippen LogP) is 2.24. The number of nitrogens with two attached hydrogens (primary N) is 1. The van der Waals surface area contributed by atoms with Gasteiger partial charge in [0, 0.05) is 44.5 Å². The van der Waals surface area contributed by atoms with E-state index in [2.05, 4.69) is 34.1 Å². The summed E-state index contributed by atoms with van der Waals surface area (Å²) in [5.41, 5.74) is 8.45. The van der Waals surface area contributed by atoms with Gasteiger partial charge in [0.15, 0.2) is 0 Å². The SMILES string of the molecule is C[C@@H](N)c1ccc(N2CCN(CC3CC3)CC2)cc1. The third-order valence-electron chi connectivity index (χ3n) is 4.37. The number of anilines is 1. The van der Waals surface area contributed by atoms with Crippen LogP contribution in [0.2, 0.25) is 0 Å². The van der Waals surface area contributed by atoms with E-state index in [1.54, 1.807) is 0 Å². The Bertz CT molecular complexity index is 401. The molecule has 2 aliphatic rings. The summed E-state index contributed by atoms with van der Waals surface area (Å²) in [6.45, 7) is 8.11. The zero-order valence-corrected chi connectivity index (χ0v) is 11.9. The second-order valence-corrected chi connectivity index (χ2v) is 6.11. The van der Waals surface area contributed by atoms with Crippen molar-refractivity contribution in [2.45, 2.75) is 25.8 Å². The lowest BCUT2D eigenvalue weighted by atomic mass is 10.1. The summed E-state index contributed by atoms with van der Waals surface area (Å²) >= 11 is 0. The molecule has 2 N–H and O–H groups in total. The van der Waals surface area contributed by atoms with Crippen molar-refractivity contribution in [2.75, 3.05) is 37.6 Å². The zero-order chi connectivity index (χ0) is 13.2. The summed E-state index contributed by atoms with van der Waals surface area (Å²) in [5.74, 6) is 1.01. The van der Waals surface area contributed by atoms with Crippen LogP contribution < -0.4 is 10.6 Å². The third kappa shape index (κ3) is 3.28. The highest BCUT2D eigenvalue weighted by Crippen LogP contribution is 2.30. The zero-order valence-electron chi connectivity index (χ0n) is 11.9. The van der Waals surface area contributed by atoms with Crippen molar-refractivity contribution in [3.8, 4) is 0 Å². The Morgan fingerprint density at radius 3 is 2.26 bits per heavy atom. The molecule has 1 aromatic carbocycles. The van der Waals surface area contributed by atoms with Crippen LogP contribution in [0, 0.1) is 5.92 Å². The van der Waals surface area contributed by atoms with Crippen LogP contribution in [-0.2, 0) is 0 Å². The molecule has 1 aromatic rings. The van der Waals surface area contributed by atoms with Crippen LogP contribution in [-0.4, -0.2) is 37.6 Å². The van der Waals surface area contributed by atoms with E-state index in [-0.39, 0.29) is 6.04 Å². The van der Waals surface area contributed by atoms with Crippen LogP contribution in [0.4, 0.5) is 5.69 Å². The molecule has 0 bridgehead atoms. The molecule has 104 valence electrons. The first-order valence-corrected chi connectivity index (χ1v) is 7.55. The molecule has 1 heterocycles. The quantitative estimate of drug-likeness (QED) is 0.900. The maximum Gasteiger partial charge on any atom is 0.0367 e. The molecule has 0 aromatic heterocycles. The normalized spacial score (nSPS) is 22.5. The first kappa shape index (κ1) is 12.9. The van der Waals surface area contributed by atoms with Crippen molar-refractivity contribution < 1.29 is 0 Å². The number of piperazine rings is 1. The molecule has 0 unspecified atom stereocenters. The van der Waals surface area contributed by atoms with Crippen molar-refractivity contribution in [1.82, 2.24) is 4.90 Å². The molecule has 2 fully saturated rings. The van der Waals surface area contributed by atoms with Gasteiger partial charge in [-0.15, -0.1) is 0 Å². The molecule has 1 saturated heterocycles. The lowest BCUT2D eigenvalue weighted by Crippen LogP contribution is -2.47. The van der Waals surface area contributed by atoms with Gasteiger partial charge in [0.2, 0.25) is 0 Å². The molecule has 19 heavy (non-hydrogen) atoms. The van der Waals surface area contributed by atoms with Gasteiger partial charge >= 0.3 is 0 Å². The Morgan fingerprint density at radius 2 is 1.74 bits per heavy atom. The number of benzene rings is 1. The van der Waals surface area contributed by atoms with Gasteiger partial charge in [-0.2, -0.15) is 0 Å². The van der Waals surface area contributed by atoms with Crippen molar-refractivity contribution in [3.05, 3.63) is 29.8 Å². The Balaban J connectivity index is 1.55. The molecular weight excluding hydrogens is 234 g/mol. The third-order valence-corrected chi connectivity index (χ3v) is 4.37. The Labute approximate surface area is 116 Å². The molecule has 1 aliphatic heterocycles. The summed E-state index contributed by atoms with van der Waals surface area (Å²) < 4.78 is 0. The Kier molecular flexibility index (Phi) is 3.76. The first-order chi connectivity index (χ1) is 9.22. The van der Waals surface area contributed by atoms with Crippen LogP contribution in [0.15, 0.2) is 24.3 Å². The first-order valence-electron chi connectivity index (χ1n) is 7.55. The van der Waals surface area contributed by atoms with Gasteiger partial charge in [-0.05, 0) is 43.4 Å². The summed E-state index contributed by atoms with van der Waals surface area (Å²) in [5, 5.41) is 0. The van der Waals surface area contributed by atoms with Crippen LogP contribution in [0.3, 0.4) is 0 Å². The highest BCUT2D eigenvalue weighted by Gasteiger charge is 2.26. The van der Waals surface area contributed by atoms with Crippen molar-refractivity contribution in [1.29, 1.82) is 0 Å². The second kappa shape index (κ2) is 5.51. The Morgan fingerprint density at radius 1 is 1.11 bits per heavy atom. The van der Waals surface area contributed by atoms with Gasteiger partial charge < -0.3 is 10.6 Å². The number of hydrogen-bond donors (Lipinski definition) is 1. The minimum absolute atomic E-state index is 0.129. The van der Waals surface area contributed by atoms with E-state index in [0.717, 1.165) is 19.0 Å². The highest BCUT2D eigenvalue weighted by atomic mass is 15.3. The largest absolute Gasteiger partial charge is 0.369 e. The summed E-state index contributed by atoms with van der Waals surface area (Å²) in [6.07, 6.45) is 2.91. The van der Waals surface area contributed by atoms with Crippen molar-refractivity contribution in [3.63, 3.8) is 0 Å². The van der Waals surface area contributed by atoms with Gasteiger partial charge in [-0.25, -0.2) is 0 Å². The van der Waals surface area contributed by atoms with E-state index in [4.69, 9.17) is 5.73 Å². The smallest absolute Gasteiger partial charge is 0.0367 e. The molecular formula is C16H25N3. The number of nitrogens with zero attached hydrogens (tertiary/aromatic N) is 2. The predicted molar refractivity (Wildman–Crippen MR) is 80.4 cm³/mol. The van der Waals surface area contributed by atoms with Gasteiger partial charge in [-0.1, -0.05) is 12.1 Å². The standard InChI is InChI=1S/C16H25N3/c1-13(17)15-4-6-16(7-5-15)19-10-8-18(9-11-19)12-14-2-3-14/h4-7,13-14H,2-3,8-12,17H2,1H3/t13-/m1/s1. The van der Waals surface area contributed by atoms with E-state index in [9.17, 15) is 0 Å². The van der Waals surface area contributed by atoms with Crippen molar-refractivity contribution >= 4 is 5.69 Å². The van der Waals surface area contributed by atoms with Gasteiger partial charge in [-0.3, -0.25) is 4.90 Å². The molecule has 0 radical (unpaired) electrons. The summed E-state index contributed by atoms with van der Waals surface area (Å²) in [6, 6.07) is 8.89. The fourth-order valence-electron chi connectivity index (χ4n) is 2.84. The van der Waals surface area contributed by atoms with E-state index in [1.165, 1.54) is 43.7 Å². The molecule has 0 spiro atoms. The average Bonchev–Trinajstić information content (AvgIpc) is 3.24. The highest BCUT2D eigenvalue weighted by molar-refractivity contribution is 5.48. The van der Waals surface area contributed by atoms with Gasteiger partial charge in [0.1, 0.15) is 0 Å². The van der Waals surface area contributed by atoms with E-state index < -0.39 is 0 Å². The monoisotopic (exact) mass is 259 g/mol. The van der Waals surface area contributed by atoms with Crippen LogP contribution >= 0.6 is 0 Å². The molecule has 1 saturated carbocycles. The minimum atomic E-state index is 0.129. The molecule has 3 nitrogen and oxygen atoms in total. The fourth-order valence-corrected chi connectivity index (χ4v) is 2.84. The second-order valence-electron chi connectivity index (χ2n) is 6.11. The van der Waals surface area contributed by atoms with Gasteiger partial charge in [0.05, 0.1) is 0 Å². The van der Waals surface area contributed by atoms with Gasteiger partial charge in [0.25, 0.3) is 0 Å². The average molecular weight is 259 g/mol. The molecule has 3 rings (SSSR count). The summed E-state index contributed by atoms with van der Waals surface area (Å²) in [7, 11) is 0. The number of rotatable bonds is 4. The maximum atomic E-state index is 5.89. The van der Waals surface area contributed by atoms with E-state index >= 15 is 0 Å². The molecule has 1 aliphatic carbocycles.